The fraction of sp³-hybridized carbons (Fsp3) is 0.222. The second-order valence-corrected chi connectivity index (χ2v) is 7.23. The lowest BCUT2D eigenvalue weighted by atomic mass is 10.0. The Morgan fingerprint density at radius 1 is 0.800 bits per heavy atom. The molecular weight excluding hydrogens is 375 g/mol. The van der Waals surface area contributed by atoms with E-state index in [1.165, 1.54) is 23.8 Å². The Morgan fingerprint density at radius 3 is 1.97 bits per heavy atom. The number of benzene rings is 3. The van der Waals surface area contributed by atoms with Crippen LogP contribution in [0, 0.1) is 5.82 Å². The van der Waals surface area contributed by atoms with Crippen molar-refractivity contribution in [1.29, 1.82) is 0 Å². The second kappa shape index (κ2) is 10.0. The molecule has 0 aliphatic rings. The number of ether oxygens (including phenoxy) is 1. The summed E-state index contributed by atoms with van der Waals surface area (Å²) in [5.74, 6) is -0.381. The average Bonchev–Trinajstić information content (AvgIpc) is 2.78. The number of hydrogen-bond donors (Lipinski definition) is 0. The molecule has 0 heterocycles. The molecule has 0 aliphatic heterocycles. The molecule has 2 nitrogen and oxygen atoms in total. The highest BCUT2D eigenvalue weighted by atomic mass is 19.1. The Hall–Kier alpha value is -3.20. The maximum atomic E-state index is 14.6. The van der Waals surface area contributed by atoms with Gasteiger partial charge >= 0.3 is 5.97 Å². The van der Waals surface area contributed by atoms with E-state index in [4.69, 9.17) is 4.74 Å². The molecule has 0 fully saturated rings. The van der Waals surface area contributed by atoms with Crippen molar-refractivity contribution in [2.24, 2.45) is 0 Å². The van der Waals surface area contributed by atoms with Crippen LogP contribution in [0.4, 0.5) is 4.39 Å². The zero-order valence-electron chi connectivity index (χ0n) is 17.7. The molecule has 0 N–H and O–H groups in total. The number of rotatable bonds is 7. The van der Waals surface area contributed by atoms with E-state index in [-0.39, 0.29) is 5.82 Å². The minimum atomic E-state index is -0.524. The Morgan fingerprint density at radius 2 is 1.40 bits per heavy atom. The van der Waals surface area contributed by atoms with Gasteiger partial charge in [-0.15, -0.1) is 0 Å². The molecule has 0 saturated heterocycles. The molecule has 0 amide bonds. The van der Waals surface area contributed by atoms with Crippen LogP contribution in [0.15, 0.2) is 66.7 Å². The van der Waals surface area contributed by atoms with Crippen molar-refractivity contribution in [1.82, 2.24) is 0 Å². The van der Waals surface area contributed by atoms with Crippen molar-refractivity contribution in [3.05, 3.63) is 94.8 Å². The van der Waals surface area contributed by atoms with Gasteiger partial charge in [0, 0.05) is 11.6 Å². The fourth-order valence-corrected chi connectivity index (χ4v) is 3.28. The third-order valence-electron chi connectivity index (χ3n) is 5.16. The average molecular weight is 403 g/mol. The molecule has 30 heavy (non-hydrogen) atoms. The topological polar surface area (TPSA) is 26.3 Å². The summed E-state index contributed by atoms with van der Waals surface area (Å²) in [7, 11) is 0. The van der Waals surface area contributed by atoms with Gasteiger partial charge in [0.15, 0.2) is 0 Å². The molecule has 154 valence electrons. The first kappa shape index (κ1) is 21.5. The maximum Gasteiger partial charge on any atom is 0.336 e. The van der Waals surface area contributed by atoms with Gasteiger partial charge in [0.05, 0.1) is 0 Å². The lowest BCUT2D eigenvalue weighted by Gasteiger charge is -2.07. The van der Waals surface area contributed by atoms with Crippen LogP contribution in [0.1, 0.15) is 43.0 Å². The van der Waals surface area contributed by atoms with Crippen LogP contribution < -0.4 is 4.74 Å². The summed E-state index contributed by atoms with van der Waals surface area (Å²) in [5, 5.41) is 0. The van der Waals surface area contributed by atoms with E-state index in [2.05, 4.69) is 39.0 Å². The van der Waals surface area contributed by atoms with Crippen LogP contribution in [-0.4, -0.2) is 5.97 Å². The number of carbonyl (C=O) groups excluding carboxylic acids is 1. The van der Waals surface area contributed by atoms with Crippen LogP contribution in [0.3, 0.4) is 0 Å². The van der Waals surface area contributed by atoms with E-state index in [1.54, 1.807) is 6.07 Å². The summed E-state index contributed by atoms with van der Waals surface area (Å²) in [5.41, 5.74) is 5.59. The number of esters is 1. The molecule has 0 saturated carbocycles. The van der Waals surface area contributed by atoms with E-state index in [1.807, 2.05) is 30.3 Å². The summed E-state index contributed by atoms with van der Waals surface area (Å²) < 4.78 is 20.0. The van der Waals surface area contributed by atoms with E-state index < -0.39 is 5.97 Å². The zero-order valence-corrected chi connectivity index (χ0v) is 17.7. The Bertz CT molecular complexity index is 1030. The molecule has 0 spiro atoms. The molecule has 3 aromatic rings. The first-order valence-corrected chi connectivity index (χ1v) is 10.4. The van der Waals surface area contributed by atoms with Crippen LogP contribution in [0.2, 0.25) is 0 Å². The van der Waals surface area contributed by atoms with E-state index in [0.717, 1.165) is 41.5 Å². The molecule has 0 bridgehead atoms. The van der Waals surface area contributed by atoms with E-state index >= 15 is 0 Å². The molecule has 0 aromatic heterocycles. The Kier molecular flexibility index (Phi) is 7.18. The maximum absolute atomic E-state index is 14.6. The molecular formula is C27H27FO2. The predicted molar refractivity (Wildman–Crippen MR) is 121 cm³/mol. The lowest BCUT2D eigenvalue weighted by molar-refractivity contribution is -0.128. The second-order valence-electron chi connectivity index (χ2n) is 7.23. The molecule has 0 radical (unpaired) electrons. The molecule has 0 atom stereocenters. The normalized spacial score (nSPS) is 11.1. The van der Waals surface area contributed by atoms with Gasteiger partial charge in [-0.1, -0.05) is 63.2 Å². The van der Waals surface area contributed by atoms with Gasteiger partial charge in [-0.2, -0.15) is 0 Å². The van der Waals surface area contributed by atoms with Crippen LogP contribution in [-0.2, 0) is 24.1 Å². The molecule has 3 heteroatoms. The smallest absolute Gasteiger partial charge is 0.336 e. The summed E-state index contributed by atoms with van der Waals surface area (Å²) >= 11 is 0. The van der Waals surface area contributed by atoms with Crippen LogP contribution in [0.25, 0.3) is 17.2 Å². The fourth-order valence-electron chi connectivity index (χ4n) is 3.28. The van der Waals surface area contributed by atoms with Gasteiger partial charge in [-0.25, -0.2) is 9.18 Å². The number of halogens is 1. The third-order valence-corrected chi connectivity index (χ3v) is 5.16. The van der Waals surface area contributed by atoms with Gasteiger partial charge in [-0.3, -0.25) is 0 Å². The quantitative estimate of drug-likeness (QED) is 0.247. The van der Waals surface area contributed by atoms with Gasteiger partial charge < -0.3 is 4.74 Å². The monoisotopic (exact) mass is 402 g/mol. The van der Waals surface area contributed by atoms with Gasteiger partial charge in [0.25, 0.3) is 0 Å². The van der Waals surface area contributed by atoms with Crippen LogP contribution >= 0.6 is 0 Å². The van der Waals surface area contributed by atoms with Crippen molar-refractivity contribution in [2.45, 2.75) is 40.0 Å². The summed E-state index contributed by atoms with van der Waals surface area (Å²) in [4.78, 5) is 12.2. The molecule has 0 aliphatic carbocycles. The van der Waals surface area contributed by atoms with E-state index in [0.29, 0.717) is 11.3 Å². The summed E-state index contributed by atoms with van der Waals surface area (Å²) in [6.45, 7) is 6.22. The molecule has 3 rings (SSSR count). The highest BCUT2D eigenvalue weighted by molar-refractivity contribution is 5.89. The first-order valence-electron chi connectivity index (χ1n) is 10.4. The first-order chi connectivity index (χ1) is 14.5. The number of carbonyl (C=O) groups is 1. The minimum absolute atomic E-state index is 0.345. The van der Waals surface area contributed by atoms with Crippen molar-refractivity contribution in [2.75, 3.05) is 0 Å². The Labute approximate surface area is 178 Å². The highest BCUT2D eigenvalue weighted by Gasteiger charge is 2.07. The van der Waals surface area contributed by atoms with Crippen molar-refractivity contribution < 1.29 is 13.9 Å². The van der Waals surface area contributed by atoms with Crippen molar-refractivity contribution in [3.8, 4) is 16.9 Å². The zero-order chi connectivity index (χ0) is 21.5. The van der Waals surface area contributed by atoms with Gasteiger partial charge in [0.2, 0.25) is 0 Å². The minimum Gasteiger partial charge on any atom is -0.423 e. The molecule has 0 unspecified atom stereocenters. The summed E-state index contributed by atoms with van der Waals surface area (Å²) in [6.07, 6.45) is 5.42. The SMILES string of the molecule is CCc1ccc(-c2ccc(/C=C/C(=O)Oc3cc(CC)cc(CC)c3)c(F)c2)cc1. The Balaban J connectivity index is 1.71. The largest absolute Gasteiger partial charge is 0.423 e. The van der Waals surface area contributed by atoms with Crippen LogP contribution in [0.5, 0.6) is 5.75 Å². The van der Waals surface area contributed by atoms with Gasteiger partial charge in [0.1, 0.15) is 11.6 Å². The van der Waals surface area contributed by atoms with Crippen molar-refractivity contribution >= 4 is 12.0 Å². The van der Waals surface area contributed by atoms with Crippen molar-refractivity contribution in [3.63, 3.8) is 0 Å². The summed E-state index contributed by atoms with van der Waals surface area (Å²) in [6, 6.07) is 19.0. The van der Waals surface area contributed by atoms with E-state index in [9.17, 15) is 9.18 Å². The predicted octanol–water partition coefficient (Wildman–Crippen LogP) is 6.80. The molecule has 3 aromatic carbocycles. The highest BCUT2D eigenvalue weighted by Crippen LogP contribution is 2.24. The lowest BCUT2D eigenvalue weighted by Crippen LogP contribution is -2.04. The standard InChI is InChI=1S/C27H27FO2/c1-4-19-7-9-22(10-8-19)24-12-11-23(26(28)18-24)13-14-27(29)30-25-16-20(5-2)15-21(6-3)17-25/h7-18H,4-6H2,1-3H3/b14-13+. The third kappa shape index (κ3) is 5.44. The number of aryl methyl sites for hydroxylation is 3. The number of hydrogen-bond acceptors (Lipinski definition) is 2. The van der Waals surface area contributed by atoms with Gasteiger partial charge in [-0.05, 0) is 71.4 Å².